The standard InChI is InChI=1S/C19H19N3O2S/c1-22-12-13-25-19(22)16(17(23)20-14-8-4-2-5-9-14)18(24)21-15-10-6-3-7-11-15/h2-11H,12-13H2,1H3,(H,20,23)(H,21,24). The molecule has 2 amide bonds. The van der Waals surface area contributed by atoms with E-state index in [2.05, 4.69) is 10.6 Å². The maximum atomic E-state index is 12.8. The van der Waals surface area contributed by atoms with Crippen molar-refractivity contribution in [1.82, 2.24) is 4.90 Å². The maximum absolute atomic E-state index is 12.8. The van der Waals surface area contributed by atoms with Gasteiger partial charge in [-0.15, -0.1) is 11.8 Å². The van der Waals surface area contributed by atoms with Gasteiger partial charge in [0.25, 0.3) is 11.8 Å². The molecule has 2 aromatic carbocycles. The highest BCUT2D eigenvalue weighted by molar-refractivity contribution is 8.03. The van der Waals surface area contributed by atoms with E-state index in [9.17, 15) is 9.59 Å². The first kappa shape index (κ1) is 17.1. The summed E-state index contributed by atoms with van der Waals surface area (Å²) < 4.78 is 0. The van der Waals surface area contributed by atoms with Crippen molar-refractivity contribution in [3.05, 3.63) is 71.3 Å². The summed E-state index contributed by atoms with van der Waals surface area (Å²) in [5.41, 5.74) is 1.45. The van der Waals surface area contributed by atoms with Gasteiger partial charge in [0.2, 0.25) is 0 Å². The number of rotatable bonds is 4. The lowest BCUT2D eigenvalue weighted by Crippen LogP contribution is -2.29. The average Bonchev–Trinajstić information content (AvgIpc) is 3.02. The molecule has 0 spiro atoms. The van der Waals surface area contributed by atoms with E-state index >= 15 is 0 Å². The van der Waals surface area contributed by atoms with E-state index in [1.54, 1.807) is 24.3 Å². The number of thioether (sulfide) groups is 1. The van der Waals surface area contributed by atoms with E-state index in [4.69, 9.17) is 0 Å². The summed E-state index contributed by atoms with van der Waals surface area (Å²) in [5.74, 6) is 0.0406. The summed E-state index contributed by atoms with van der Waals surface area (Å²) in [4.78, 5) is 27.6. The number of nitrogens with one attached hydrogen (secondary N) is 2. The smallest absolute Gasteiger partial charge is 0.263 e. The molecule has 0 atom stereocenters. The Morgan fingerprint density at radius 1 is 0.880 bits per heavy atom. The van der Waals surface area contributed by atoms with Crippen molar-refractivity contribution < 1.29 is 9.59 Å². The third-order valence-electron chi connectivity index (χ3n) is 3.74. The molecule has 128 valence electrons. The van der Waals surface area contributed by atoms with E-state index in [0.717, 1.165) is 12.3 Å². The molecule has 1 aliphatic heterocycles. The zero-order chi connectivity index (χ0) is 17.6. The molecule has 0 aromatic heterocycles. The van der Waals surface area contributed by atoms with Gasteiger partial charge in [-0.1, -0.05) is 36.4 Å². The molecule has 1 aliphatic rings. The predicted octanol–water partition coefficient (Wildman–Crippen LogP) is 3.15. The largest absolute Gasteiger partial charge is 0.368 e. The fourth-order valence-corrected chi connectivity index (χ4v) is 3.68. The van der Waals surface area contributed by atoms with E-state index in [1.807, 2.05) is 48.3 Å². The molecular formula is C19H19N3O2S. The van der Waals surface area contributed by atoms with Gasteiger partial charge in [0.15, 0.2) is 0 Å². The van der Waals surface area contributed by atoms with Gasteiger partial charge in [0, 0.05) is 30.7 Å². The quantitative estimate of drug-likeness (QED) is 0.504. The second kappa shape index (κ2) is 7.90. The van der Waals surface area contributed by atoms with Crippen LogP contribution in [0.25, 0.3) is 0 Å². The molecule has 2 N–H and O–H groups in total. The van der Waals surface area contributed by atoms with E-state index in [-0.39, 0.29) is 5.57 Å². The summed E-state index contributed by atoms with van der Waals surface area (Å²) in [6, 6.07) is 18.3. The average molecular weight is 353 g/mol. The molecule has 0 saturated carbocycles. The lowest BCUT2D eigenvalue weighted by atomic mass is 10.2. The third-order valence-corrected chi connectivity index (χ3v) is 4.92. The Bertz CT molecular complexity index is 735. The van der Waals surface area contributed by atoms with Crippen molar-refractivity contribution in [2.75, 3.05) is 30.0 Å². The van der Waals surface area contributed by atoms with Crippen molar-refractivity contribution in [2.24, 2.45) is 0 Å². The summed E-state index contributed by atoms with van der Waals surface area (Å²) in [6.45, 7) is 0.806. The first-order chi connectivity index (χ1) is 12.1. The first-order valence-electron chi connectivity index (χ1n) is 7.96. The van der Waals surface area contributed by atoms with Crippen LogP contribution in [0.3, 0.4) is 0 Å². The fraction of sp³-hybridized carbons (Fsp3) is 0.158. The number of benzene rings is 2. The zero-order valence-electron chi connectivity index (χ0n) is 13.9. The second-order valence-corrected chi connectivity index (χ2v) is 6.67. The Morgan fingerprint density at radius 3 is 1.76 bits per heavy atom. The molecule has 1 saturated heterocycles. The SMILES string of the molecule is CN1CCSC1=C(C(=O)Nc1ccccc1)C(=O)Nc1ccccc1. The molecular weight excluding hydrogens is 334 g/mol. The van der Waals surface area contributed by atoms with Crippen LogP contribution in [0.1, 0.15) is 0 Å². The van der Waals surface area contributed by atoms with Crippen LogP contribution in [-0.4, -0.2) is 36.1 Å². The van der Waals surface area contributed by atoms with Gasteiger partial charge in [-0.2, -0.15) is 0 Å². The Labute approximate surface area is 151 Å². The second-order valence-electron chi connectivity index (χ2n) is 5.59. The molecule has 3 rings (SSSR count). The molecule has 5 nitrogen and oxygen atoms in total. The Hall–Kier alpha value is -2.73. The predicted molar refractivity (Wildman–Crippen MR) is 102 cm³/mol. The van der Waals surface area contributed by atoms with Gasteiger partial charge >= 0.3 is 0 Å². The molecule has 0 unspecified atom stereocenters. The minimum absolute atomic E-state index is 0.137. The highest BCUT2D eigenvalue weighted by atomic mass is 32.2. The van der Waals surface area contributed by atoms with Gasteiger partial charge in [-0.3, -0.25) is 9.59 Å². The van der Waals surface area contributed by atoms with Gasteiger partial charge in [0.05, 0.1) is 5.03 Å². The Morgan fingerprint density at radius 2 is 1.36 bits per heavy atom. The van der Waals surface area contributed by atoms with E-state index in [1.165, 1.54) is 11.8 Å². The van der Waals surface area contributed by atoms with Crippen molar-refractivity contribution >= 4 is 35.0 Å². The van der Waals surface area contributed by atoms with E-state index < -0.39 is 11.8 Å². The van der Waals surface area contributed by atoms with Crippen LogP contribution in [0, 0.1) is 0 Å². The van der Waals surface area contributed by atoms with Crippen LogP contribution in [-0.2, 0) is 9.59 Å². The lowest BCUT2D eigenvalue weighted by Gasteiger charge is -2.17. The van der Waals surface area contributed by atoms with Crippen LogP contribution in [0.4, 0.5) is 11.4 Å². The zero-order valence-corrected chi connectivity index (χ0v) is 14.7. The number of para-hydroxylation sites is 2. The minimum atomic E-state index is -0.407. The Kier molecular flexibility index (Phi) is 5.40. The highest BCUT2D eigenvalue weighted by Crippen LogP contribution is 2.30. The monoisotopic (exact) mass is 353 g/mol. The molecule has 2 aromatic rings. The van der Waals surface area contributed by atoms with Gasteiger partial charge in [0.1, 0.15) is 5.57 Å². The molecule has 6 heteroatoms. The fourth-order valence-electron chi connectivity index (χ4n) is 2.48. The number of hydrogen-bond donors (Lipinski definition) is 2. The van der Waals surface area contributed by atoms with Crippen molar-refractivity contribution in [3.63, 3.8) is 0 Å². The number of hydrogen-bond acceptors (Lipinski definition) is 4. The van der Waals surface area contributed by atoms with Gasteiger partial charge in [-0.25, -0.2) is 0 Å². The first-order valence-corrected chi connectivity index (χ1v) is 8.95. The van der Waals surface area contributed by atoms with Crippen molar-refractivity contribution in [1.29, 1.82) is 0 Å². The normalized spacial score (nSPS) is 13.5. The topological polar surface area (TPSA) is 61.4 Å². The van der Waals surface area contributed by atoms with Crippen LogP contribution in [0.15, 0.2) is 71.3 Å². The van der Waals surface area contributed by atoms with Gasteiger partial charge in [-0.05, 0) is 24.3 Å². The summed E-state index contributed by atoms with van der Waals surface area (Å²) in [7, 11) is 1.89. The van der Waals surface area contributed by atoms with Crippen LogP contribution in [0.5, 0.6) is 0 Å². The van der Waals surface area contributed by atoms with Crippen LogP contribution < -0.4 is 10.6 Å². The summed E-state index contributed by atoms with van der Waals surface area (Å²) in [6.07, 6.45) is 0. The Balaban J connectivity index is 1.88. The van der Waals surface area contributed by atoms with Crippen LogP contribution >= 0.6 is 11.8 Å². The molecule has 0 bridgehead atoms. The number of carbonyl (C=O) groups excluding carboxylic acids is 2. The van der Waals surface area contributed by atoms with Crippen molar-refractivity contribution in [3.8, 4) is 0 Å². The van der Waals surface area contributed by atoms with Crippen molar-refractivity contribution in [2.45, 2.75) is 0 Å². The number of nitrogens with zero attached hydrogens (tertiary/aromatic N) is 1. The van der Waals surface area contributed by atoms with Crippen LogP contribution in [0.2, 0.25) is 0 Å². The lowest BCUT2D eigenvalue weighted by molar-refractivity contribution is -0.118. The molecule has 0 radical (unpaired) electrons. The third kappa shape index (κ3) is 4.22. The molecule has 1 fully saturated rings. The van der Waals surface area contributed by atoms with Gasteiger partial charge < -0.3 is 15.5 Å². The van der Waals surface area contributed by atoms with E-state index in [0.29, 0.717) is 16.4 Å². The summed E-state index contributed by atoms with van der Waals surface area (Å²) >= 11 is 1.52. The molecule has 25 heavy (non-hydrogen) atoms. The number of carbonyl (C=O) groups is 2. The molecule has 1 heterocycles. The minimum Gasteiger partial charge on any atom is -0.368 e. The number of amides is 2. The molecule has 0 aliphatic carbocycles. The highest BCUT2D eigenvalue weighted by Gasteiger charge is 2.28. The maximum Gasteiger partial charge on any atom is 0.263 e. The number of anilines is 2. The summed E-state index contributed by atoms with van der Waals surface area (Å²) in [5, 5.41) is 6.31.